The SMILES string of the molecule is CC(O)C1CCN(C(=O)Cc2ccc(CN)cc2)C1. The van der Waals surface area contributed by atoms with E-state index < -0.39 is 0 Å². The van der Waals surface area contributed by atoms with Crippen LogP contribution in [0, 0.1) is 5.92 Å². The Bertz CT molecular complexity index is 428. The number of carbonyl (C=O) groups excluding carboxylic acids is 1. The number of rotatable bonds is 4. The minimum Gasteiger partial charge on any atom is -0.393 e. The number of hydrogen-bond acceptors (Lipinski definition) is 3. The summed E-state index contributed by atoms with van der Waals surface area (Å²) in [6.45, 7) is 3.76. The van der Waals surface area contributed by atoms with Gasteiger partial charge in [0.1, 0.15) is 0 Å². The highest BCUT2D eigenvalue weighted by molar-refractivity contribution is 5.79. The Balaban J connectivity index is 1.90. The van der Waals surface area contributed by atoms with Crippen LogP contribution in [-0.4, -0.2) is 35.1 Å². The van der Waals surface area contributed by atoms with Gasteiger partial charge in [0, 0.05) is 25.6 Å². The van der Waals surface area contributed by atoms with E-state index in [-0.39, 0.29) is 17.9 Å². The van der Waals surface area contributed by atoms with Gasteiger partial charge in [-0.1, -0.05) is 24.3 Å². The number of nitrogens with two attached hydrogens (primary N) is 1. The van der Waals surface area contributed by atoms with E-state index in [0.717, 1.165) is 24.1 Å². The molecule has 0 bridgehead atoms. The third-order valence-corrected chi connectivity index (χ3v) is 3.87. The normalized spacial score (nSPS) is 20.6. The lowest BCUT2D eigenvalue weighted by molar-refractivity contribution is -0.129. The number of hydrogen-bond donors (Lipinski definition) is 2. The molecule has 0 aliphatic carbocycles. The molecule has 4 nitrogen and oxygen atoms in total. The fourth-order valence-electron chi connectivity index (χ4n) is 2.49. The summed E-state index contributed by atoms with van der Waals surface area (Å²) in [5.74, 6) is 0.368. The smallest absolute Gasteiger partial charge is 0.227 e. The molecule has 0 aromatic heterocycles. The molecule has 0 spiro atoms. The van der Waals surface area contributed by atoms with Crippen LogP contribution in [0.15, 0.2) is 24.3 Å². The molecule has 1 fully saturated rings. The van der Waals surface area contributed by atoms with Crippen molar-refractivity contribution in [1.82, 2.24) is 4.90 Å². The van der Waals surface area contributed by atoms with E-state index in [9.17, 15) is 9.90 Å². The summed E-state index contributed by atoms with van der Waals surface area (Å²) >= 11 is 0. The van der Waals surface area contributed by atoms with Gasteiger partial charge in [-0.2, -0.15) is 0 Å². The summed E-state index contributed by atoms with van der Waals surface area (Å²) in [4.78, 5) is 14.0. The van der Waals surface area contributed by atoms with Crippen molar-refractivity contribution >= 4 is 5.91 Å². The van der Waals surface area contributed by atoms with Gasteiger partial charge in [-0.25, -0.2) is 0 Å². The van der Waals surface area contributed by atoms with Crippen LogP contribution in [-0.2, 0) is 17.8 Å². The van der Waals surface area contributed by atoms with Crippen molar-refractivity contribution in [3.8, 4) is 0 Å². The summed E-state index contributed by atoms with van der Waals surface area (Å²) in [5.41, 5.74) is 7.64. The third kappa shape index (κ3) is 3.55. The molecule has 2 rings (SSSR count). The van der Waals surface area contributed by atoms with Crippen LogP contribution in [0.2, 0.25) is 0 Å². The molecule has 104 valence electrons. The number of benzene rings is 1. The van der Waals surface area contributed by atoms with Gasteiger partial charge in [-0.15, -0.1) is 0 Å². The lowest BCUT2D eigenvalue weighted by Crippen LogP contribution is -2.31. The van der Waals surface area contributed by atoms with Gasteiger partial charge >= 0.3 is 0 Å². The zero-order valence-corrected chi connectivity index (χ0v) is 11.4. The molecule has 1 aromatic rings. The number of likely N-dealkylation sites (tertiary alicyclic amines) is 1. The lowest BCUT2D eigenvalue weighted by atomic mass is 10.0. The lowest BCUT2D eigenvalue weighted by Gasteiger charge is -2.17. The first kappa shape index (κ1) is 14.0. The van der Waals surface area contributed by atoms with Gasteiger partial charge in [-0.3, -0.25) is 4.79 Å². The van der Waals surface area contributed by atoms with E-state index in [0.29, 0.717) is 19.5 Å². The van der Waals surface area contributed by atoms with Crippen LogP contribution in [0.3, 0.4) is 0 Å². The fraction of sp³-hybridized carbons (Fsp3) is 0.533. The van der Waals surface area contributed by atoms with Gasteiger partial charge in [0.25, 0.3) is 0 Å². The zero-order chi connectivity index (χ0) is 13.8. The third-order valence-electron chi connectivity index (χ3n) is 3.87. The van der Waals surface area contributed by atoms with Crippen molar-refractivity contribution in [3.63, 3.8) is 0 Å². The highest BCUT2D eigenvalue weighted by atomic mass is 16.3. The molecule has 2 atom stereocenters. The zero-order valence-electron chi connectivity index (χ0n) is 11.4. The molecule has 1 aliphatic heterocycles. The Kier molecular flexibility index (Phi) is 4.56. The fourth-order valence-corrected chi connectivity index (χ4v) is 2.49. The minimum atomic E-state index is -0.332. The first-order valence-electron chi connectivity index (χ1n) is 6.84. The molecule has 1 heterocycles. The van der Waals surface area contributed by atoms with E-state index in [4.69, 9.17) is 5.73 Å². The van der Waals surface area contributed by atoms with Crippen molar-refractivity contribution in [3.05, 3.63) is 35.4 Å². The molecule has 19 heavy (non-hydrogen) atoms. The van der Waals surface area contributed by atoms with Crippen molar-refractivity contribution in [2.45, 2.75) is 32.4 Å². The second-order valence-corrected chi connectivity index (χ2v) is 5.33. The topological polar surface area (TPSA) is 66.6 Å². The summed E-state index contributed by atoms with van der Waals surface area (Å²) in [6.07, 6.45) is 0.994. The molecule has 1 aliphatic rings. The first-order chi connectivity index (χ1) is 9.10. The van der Waals surface area contributed by atoms with Crippen molar-refractivity contribution in [1.29, 1.82) is 0 Å². The highest BCUT2D eigenvalue weighted by Gasteiger charge is 2.28. The standard InChI is InChI=1S/C15H22N2O2/c1-11(18)14-6-7-17(10-14)15(19)8-12-2-4-13(9-16)5-3-12/h2-5,11,14,18H,6-10,16H2,1H3. The van der Waals surface area contributed by atoms with Gasteiger partial charge < -0.3 is 15.7 Å². The Morgan fingerprint density at radius 3 is 2.58 bits per heavy atom. The van der Waals surface area contributed by atoms with E-state index in [2.05, 4.69) is 0 Å². The van der Waals surface area contributed by atoms with Crippen molar-refractivity contribution in [2.24, 2.45) is 11.7 Å². The summed E-state index contributed by atoms with van der Waals surface area (Å²) in [6, 6.07) is 7.85. The summed E-state index contributed by atoms with van der Waals surface area (Å²) < 4.78 is 0. The van der Waals surface area contributed by atoms with Crippen LogP contribution < -0.4 is 5.73 Å². The second kappa shape index (κ2) is 6.17. The minimum absolute atomic E-state index is 0.142. The highest BCUT2D eigenvalue weighted by Crippen LogP contribution is 2.20. The van der Waals surface area contributed by atoms with Crippen LogP contribution >= 0.6 is 0 Å². The average Bonchev–Trinajstić information content (AvgIpc) is 2.89. The van der Waals surface area contributed by atoms with E-state index in [1.807, 2.05) is 29.2 Å². The summed E-state index contributed by atoms with van der Waals surface area (Å²) in [7, 11) is 0. The maximum atomic E-state index is 12.2. The van der Waals surface area contributed by atoms with E-state index in [1.165, 1.54) is 0 Å². The van der Waals surface area contributed by atoms with E-state index in [1.54, 1.807) is 6.92 Å². The molecule has 3 N–H and O–H groups in total. The van der Waals surface area contributed by atoms with Gasteiger partial charge in [0.05, 0.1) is 12.5 Å². The molecule has 1 amide bonds. The predicted octanol–water partition coefficient (Wildman–Crippen LogP) is 0.917. The maximum absolute atomic E-state index is 12.2. The maximum Gasteiger partial charge on any atom is 0.227 e. The quantitative estimate of drug-likeness (QED) is 0.848. The van der Waals surface area contributed by atoms with Crippen LogP contribution in [0.25, 0.3) is 0 Å². The molecular weight excluding hydrogens is 240 g/mol. The molecule has 2 unspecified atom stereocenters. The number of carbonyl (C=O) groups is 1. The van der Waals surface area contributed by atoms with Crippen LogP contribution in [0.1, 0.15) is 24.5 Å². The van der Waals surface area contributed by atoms with Gasteiger partial charge in [0.15, 0.2) is 0 Å². The summed E-state index contributed by atoms with van der Waals surface area (Å²) in [5, 5.41) is 9.55. The van der Waals surface area contributed by atoms with E-state index >= 15 is 0 Å². The molecule has 1 aromatic carbocycles. The van der Waals surface area contributed by atoms with Crippen LogP contribution in [0.4, 0.5) is 0 Å². The Hall–Kier alpha value is -1.39. The van der Waals surface area contributed by atoms with Crippen LogP contribution in [0.5, 0.6) is 0 Å². The Morgan fingerprint density at radius 1 is 1.42 bits per heavy atom. The first-order valence-corrected chi connectivity index (χ1v) is 6.84. The molecule has 4 heteroatoms. The number of amides is 1. The average molecular weight is 262 g/mol. The van der Waals surface area contributed by atoms with Crippen molar-refractivity contribution < 1.29 is 9.90 Å². The molecule has 0 saturated carbocycles. The molecular formula is C15H22N2O2. The number of aliphatic hydroxyl groups is 1. The van der Waals surface area contributed by atoms with Crippen molar-refractivity contribution in [2.75, 3.05) is 13.1 Å². The Labute approximate surface area is 114 Å². The van der Waals surface area contributed by atoms with Gasteiger partial charge in [0.2, 0.25) is 5.91 Å². The predicted molar refractivity (Wildman–Crippen MR) is 74.4 cm³/mol. The second-order valence-electron chi connectivity index (χ2n) is 5.33. The monoisotopic (exact) mass is 262 g/mol. The largest absolute Gasteiger partial charge is 0.393 e. The van der Waals surface area contributed by atoms with Gasteiger partial charge in [-0.05, 0) is 24.5 Å². The Morgan fingerprint density at radius 2 is 2.05 bits per heavy atom. The molecule has 0 radical (unpaired) electrons. The number of nitrogens with zero attached hydrogens (tertiary/aromatic N) is 1. The number of aliphatic hydroxyl groups excluding tert-OH is 1. The molecule has 1 saturated heterocycles.